The number of halogens is 3. The second-order valence-electron chi connectivity index (χ2n) is 7.35. The Balaban J connectivity index is 0.00000364. The van der Waals surface area contributed by atoms with E-state index < -0.39 is 6.43 Å². The van der Waals surface area contributed by atoms with E-state index in [1.165, 1.54) is 0 Å². The number of piperidine rings is 1. The molecular weight excluding hydrogens is 467 g/mol. The predicted molar refractivity (Wildman–Crippen MR) is 116 cm³/mol. The van der Waals surface area contributed by atoms with Crippen LogP contribution < -0.4 is 10.6 Å². The number of nitrogens with one attached hydrogen (secondary N) is 2. The summed E-state index contributed by atoms with van der Waals surface area (Å²) in [7, 11) is 0. The number of hydrogen-bond donors (Lipinski definition) is 2. The molecule has 0 saturated carbocycles. The van der Waals surface area contributed by atoms with Crippen molar-refractivity contribution in [1.29, 1.82) is 0 Å². The molecule has 2 saturated heterocycles. The van der Waals surface area contributed by atoms with Gasteiger partial charge in [0.1, 0.15) is 0 Å². The predicted octanol–water partition coefficient (Wildman–Crippen LogP) is 1.86. The Morgan fingerprint density at radius 2 is 1.74 bits per heavy atom. The molecule has 27 heavy (non-hydrogen) atoms. The van der Waals surface area contributed by atoms with Crippen LogP contribution in [0.5, 0.6) is 0 Å². The molecule has 6 nitrogen and oxygen atoms in total. The lowest BCUT2D eigenvalue weighted by Crippen LogP contribution is -2.49. The summed E-state index contributed by atoms with van der Waals surface area (Å²) in [6.07, 6.45) is -0.493. The minimum atomic E-state index is -2.24. The average Bonchev–Trinajstić information content (AvgIpc) is 2.62. The molecule has 0 radical (unpaired) electrons. The molecule has 0 amide bonds. The number of morpholine rings is 1. The molecule has 2 aliphatic heterocycles. The van der Waals surface area contributed by atoms with Crippen LogP contribution in [-0.4, -0.2) is 93.8 Å². The van der Waals surface area contributed by atoms with Gasteiger partial charge in [-0.25, -0.2) is 8.78 Å². The summed E-state index contributed by atoms with van der Waals surface area (Å²) in [6, 6.07) is 0.302. The van der Waals surface area contributed by atoms with Gasteiger partial charge >= 0.3 is 0 Å². The minimum Gasteiger partial charge on any atom is -0.379 e. The summed E-state index contributed by atoms with van der Waals surface area (Å²) < 4.78 is 30.3. The van der Waals surface area contributed by atoms with Gasteiger partial charge in [-0.2, -0.15) is 0 Å². The highest BCUT2D eigenvalue weighted by molar-refractivity contribution is 14.0. The first-order valence-electron chi connectivity index (χ1n) is 9.92. The molecule has 1 atom stereocenters. The van der Waals surface area contributed by atoms with Crippen LogP contribution in [0.4, 0.5) is 8.78 Å². The highest BCUT2D eigenvalue weighted by Crippen LogP contribution is 2.12. The van der Waals surface area contributed by atoms with Crippen molar-refractivity contribution in [2.75, 3.05) is 65.6 Å². The summed E-state index contributed by atoms with van der Waals surface area (Å²) in [5.74, 6) is 1.32. The topological polar surface area (TPSA) is 52.1 Å². The zero-order valence-electron chi connectivity index (χ0n) is 16.6. The molecule has 0 spiro atoms. The highest BCUT2D eigenvalue weighted by Gasteiger charge is 2.22. The molecule has 2 rings (SSSR count). The number of guanidine groups is 1. The van der Waals surface area contributed by atoms with E-state index in [0.29, 0.717) is 12.0 Å². The molecule has 9 heteroatoms. The van der Waals surface area contributed by atoms with Crippen LogP contribution in [0.3, 0.4) is 0 Å². The first-order valence-corrected chi connectivity index (χ1v) is 9.92. The number of nitrogens with zero attached hydrogens (tertiary/aromatic N) is 3. The number of alkyl halides is 2. The lowest BCUT2D eigenvalue weighted by Gasteiger charge is -2.33. The minimum absolute atomic E-state index is 0. The van der Waals surface area contributed by atoms with Crippen LogP contribution in [0.1, 0.15) is 26.7 Å². The summed E-state index contributed by atoms with van der Waals surface area (Å²) in [6.45, 7) is 11.9. The third-order valence-electron chi connectivity index (χ3n) is 4.90. The van der Waals surface area contributed by atoms with Crippen LogP contribution in [0.25, 0.3) is 0 Å². The Morgan fingerprint density at radius 1 is 1.11 bits per heavy atom. The molecule has 0 aromatic carbocycles. The van der Waals surface area contributed by atoms with Crippen molar-refractivity contribution in [3.05, 3.63) is 0 Å². The summed E-state index contributed by atoms with van der Waals surface area (Å²) in [4.78, 5) is 9.02. The fraction of sp³-hybridized carbons (Fsp3) is 0.944. The SMILES string of the molecule is CCNC(=NCC(C)CN1CCOCC1)NC1CCN(CC(F)F)CC1.I. The quantitative estimate of drug-likeness (QED) is 0.301. The van der Waals surface area contributed by atoms with Gasteiger partial charge in [0.15, 0.2) is 5.96 Å². The van der Waals surface area contributed by atoms with Crippen LogP contribution >= 0.6 is 24.0 Å². The Hall–Kier alpha value is -0.260. The molecule has 0 aliphatic carbocycles. The van der Waals surface area contributed by atoms with E-state index in [4.69, 9.17) is 9.73 Å². The fourth-order valence-corrected chi connectivity index (χ4v) is 3.50. The highest BCUT2D eigenvalue weighted by atomic mass is 127. The van der Waals surface area contributed by atoms with Crippen LogP contribution in [-0.2, 0) is 4.74 Å². The average molecular weight is 503 g/mol. The number of aliphatic imine (C=N–C) groups is 1. The molecule has 2 aliphatic rings. The van der Waals surface area contributed by atoms with Gasteiger partial charge in [0.2, 0.25) is 0 Å². The zero-order chi connectivity index (χ0) is 18.8. The Bertz CT molecular complexity index is 417. The van der Waals surface area contributed by atoms with Crippen LogP contribution in [0, 0.1) is 5.92 Å². The molecule has 0 aromatic heterocycles. The molecule has 160 valence electrons. The number of hydrogen-bond acceptors (Lipinski definition) is 4. The van der Waals surface area contributed by atoms with E-state index >= 15 is 0 Å². The van der Waals surface area contributed by atoms with E-state index in [0.717, 1.165) is 77.8 Å². The first kappa shape index (κ1) is 24.8. The molecule has 2 heterocycles. The van der Waals surface area contributed by atoms with Crippen molar-refractivity contribution in [2.45, 2.75) is 39.2 Å². The zero-order valence-corrected chi connectivity index (χ0v) is 19.0. The standard InChI is InChI=1S/C18H35F2N5O.HI/c1-3-21-18(22-12-15(2)13-25-8-10-26-11-9-25)23-16-4-6-24(7-5-16)14-17(19)20;/h15-17H,3-14H2,1-2H3,(H2,21,22,23);1H. The van der Waals surface area contributed by atoms with E-state index in [1.807, 2.05) is 4.90 Å². The van der Waals surface area contributed by atoms with Crippen LogP contribution in [0.2, 0.25) is 0 Å². The van der Waals surface area contributed by atoms with E-state index in [2.05, 4.69) is 29.4 Å². The Morgan fingerprint density at radius 3 is 2.33 bits per heavy atom. The maximum absolute atomic E-state index is 12.5. The second-order valence-corrected chi connectivity index (χ2v) is 7.35. The molecule has 2 fully saturated rings. The van der Waals surface area contributed by atoms with Gasteiger partial charge in [-0.05, 0) is 25.7 Å². The number of ether oxygens (including phenoxy) is 1. The Labute approximate surface area is 179 Å². The van der Waals surface area contributed by atoms with Crippen molar-refractivity contribution in [2.24, 2.45) is 10.9 Å². The van der Waals surface area contributed by atoms with E-state index in [9.17, 15) is 8.78 Å². The number of rotatable bonds is 8. The molecule has 0 aromatic rings. The van der Waals surface area contributed by atoms with E-state index in [-0.39, 0.29) is 30.5 Å². The summed E-state index contributed by atoms with van der Waals surface area (Å²) in [5.41, 5.74) is 0. The largest absolute Gasteiger partial charge is 0.379 e. The maximum Gasteiger partial charge on any atom is 0.251 e. The van der Waals surface area contributed by atoms with Crippen molar-refractivity contribution in [3.63, 3.8) is 0 Å². The summed E-state index contributed by atoms with van der Waals surface area (Å²) in [5, 5.41) is 6.78. The summed E-state index contributed by atoms with van der Waals surface area (Å²) >= 11 is 0. The lowest BCUT2D eigenvalue weighted by molar-refractivity contribution is 0.0323. The van der Waals surface area contributed by atoms with Gasteiger partial charge in [-0.15, -0.1) is 24.0 Å². The molecule has 2 N–H and O–H groups in total. The normalized spacial score (nSPS) is 21.7. The van der Waals surface area contributed by atoms with Gasteiger partial charge in [0.25, 0.3) is 6.43 Å². The van der Waals surface area contributed by atoms with Crippen molar-refractivity contribution >= 4 is 29.9 Å². The third-order valence-corrected chi connectivity index (χ3v) is 4.90. The molecular formula is C18H36F2IN5O. The van der Waals surface area contributed by atoms with Crippen molar-refractivity contribution < 1.29 is 13.5 Å². The molecule has 1 unspecified atom stereocenters. The third kappa shape index (κ3) is 10.2. The van der Waals surface area contributed by atoms with Gasteiger partial charge in [-0.3, -0.25) is 14.8 Å². The van der Waals surface area contributed by atoms with E-state index in [1.54, 1.807) is 0 Å². The second kappa shape index (κ2) is 13.8. The van der Waals surface area contributed by atoms with Crippen molar-refractivity contribution in [3.8, 4) is 0 Å². The smallest absolute Gasteiger partial charge is 0.251 e. The number of likely N-dealkylation sites (tertiary alicyclic amines) is 1. The Kier molecular flexibility index (Phi) is 12.7. The van der Waals surface area contributed by atoms with Gasteiger partial charge in [0.05, 0.1) is 19.8 Å². The monoisotopic (exact) mass is 503 g/mol. The molecule has 0 bridgehead atoms. The van der Waals surface area contributed by atoms with Gasteiger partial charge in [0, 0.05) is 51.9 Å². The van der Waals surface area contributed by atoms with Crippen LogP contribution in [0.15, 0.2) is 4.99 Å². The van der Waals surface area contributed by atoms with Gasteiger partial charge in [-0.1, -0.05) is 6.92 Å². The lowest BCUT2D eigenvalue weighted by atomic mass is 10.1. The fourth-order valence-electron chi connectivity index (χ4n) is 3.50. The van der Waals surface area contributed by atoms with Gasteiger partial charge < -0.3 is 15.4 Å². The first-order chi connectivity index (χ1) is 12.6. The van der Waals surface area contributed by atoms with Crippen molar-refractivity contribution in [1.82, 2.24) is 20.4 Å². The maximum atomic E-state index is 12.5.